The Bertz CT molecular complexity index is 1090. The van der Waals surface area contributed by atoms with Crippen molar-refractivity contribution in [3.63, 3.8) is 0 Å². The van der Waals surface area contributed by atoms with Crippen LogP contribution in [-0.2, 0) is 12.8 Å². The van der Waals surface area contributed by atoms with Crippen LogP contribution in [0.25, 0.3) is 15.9 Å². The molecule has 0 bridgehead atoms. The number of aromatic nitrogens is 2. The van der Waals surface area contributed by atoms with E-state index in [-0.39, 0.29) is 5.56 Å². The zero-order valence-corrected chi connectivity index (χ0v) is 19.0. The second kappa shape index (κ2) is 7.34. The fourth-order valence-corrected chi connectivity index (χ4v) is 6.25. The maximum Gasteiger partial charge on any atom is 0.267 e. The summed E-state index contributed by atoms with van der Waals surface area (Å²) >= 11 is 3.38. The molecule has 2 heterocycles. The maximum atomic E-state index is 13.7. The average Bonchev–Trinajstić information content (AvgIpc) is 2.99. The highest BCUT2D eigenvalue weighted by molar-refractivity contribution is 7.99. The number of rotatable bonds is 3. The molecule has 3 nitrogen and oxygen atoms in total. The van der Waals surface area contributed by atoms with Crippen molar-refractivity contribution in [3.05, 3.63) is 50.6 Å². The van der Waals surface area contributed by atoms with Crippen LogP contribution in [0.3, 0.4) is 0 Å². The molecule has 1 aromatic carbocycles. The van der Waals surface area contributed by atoms with Gasteiger partial charge in [0.05, 0.1) is 11.1 Å². The Morgan fingerprint density at radius 1 is 1.32 bits per heavy atom. The fourth-order valence-electron chi connectivity index (χ4n) is 4.17. The Balaban J connectivity index is 1.93. The Morgan fingerprint density at radius 2 is 2.11 bits per heavy atom. The third kappa shape index (κ3) is 3.43. The van der Waals surface area contributed by atoms with Crippen LogP contribution in [0.1, 0.15) is 50.1 Å². The lowest BCUT2D eigenvalue weighted by Crippen LogP contribution is -2.27. The third-order valence-electron chi connectivity index (χ3n) is 5.81. The first-order valence-corrected chi connectivity index (χ1v) is 11.9. The second-order valence-corrected chi connectivity index (χ2v) is 11.1. The molecule has 0 saturated carbocycles. The normalized spacial score (nSPS) is 17.1. The molecule has 1 atom stereocenters. The van der Waals surface area contributed by atoms with E-state index in [1.54, 1.807) is 23.1 Å². The van der Waals surface area contributed by atoms with Crippen molar-refractivity contribution in [1.82, 2.24) is 9.55 Å². The summed E-state index contributed by atoms with van der Waals surface area (Å²) in [6.45, 7) is 11.2. The van der Waals surface area contributed by atoms with E-state index in [2.05, 4.69) is 46.8 Å². The van der Waals surface area contributed by atoms with Gasteiger partial charge in [-0.25, -0.2) is 4.98 Å². The molecule has 0 saturated heterocycles. The van der Waals surface area contributed by atoms with Crippen LogP contribution in [0.15, 0.2) is 34.2 Å². The van der Waals surface area contributed by atoms with E-state index in [1.165, 1.54) is 10.4 Å². The quantitative estimate of drug-likeness (QED) is 0.390. The molecule has 0 unspecified atom stereocenters. The Morgan fingerprint density at radius 3 is 2.79 bits per heavy atom. The van der Waals surface area contributed by atoms with Crippen LogP contribution in [0.5, 0.6) is 0 Å². The summed E-state index contributed by atoms with van der Waals surface area (Å²) < 4.78 is 1.83. The van der Waals surface area contributed by atoms with E-state index in [4.69, 9.17) is 4.98 Å². The number of hydrogen-bond donors (Lipinski definition) is 0. The Labute approximate surface area is 175 Å². The molecule has 1 aliphatic carbocycles. The lowest BCUT2D eigenvalue weighted by molar-refractivity contribution is 0.218. The van der Waals surface area contributed by atoms with Gasteiger partial charge in [-0.05, 0) is 66.5 Å². The van der Waals surface area contributed by atoms with E-state index in [9.17, 15) is 4.79 Å². The van der Waals surface area contributed by atoms with Gasteiger partial charge in [0.25, 0.3) is 5.56 Å². The predicted molar refractivity (Wildman–Crippen MR) is 121 cm³/mol. The van der Waals surface area contributed by atoms with Gasteiger partial charge in [-0.3, -0.25) is 9.36 Å². The molecule has 2 aromatic heterocycles. The maximum absolute atomic E-state index is 13.7. The number of thiophene rings is 1. The van der Waals surface area contributed by atoms with Crippen LogP contribution in [0, 0.1) is 18.3 Å². The molecule has 3 aromatic rings. The van der Waals surface area contributed by atoms with Crippen LogP contribution in [0.2, 0.25) is 0 Å². The summed E-state index contributed by atoms with van der Waals surface area (Å²) in [5, 5.41) is 1.66. The minimum absolute atomic E-state index is 0.0956. The Kier molecular flexibility index (Phi) is 5.17. The van der Waals surface area contributed by atoms with Gasteiger partial charge < -0.3 is 0 Å². The molecule has 0 fully saturated rings. The molecule has 0 radical (unpaired) electrons. The highest BCUT2D eigenvalue weighted by Gasteiger charge is 2.32. The summed E-state index contributed by atoms with van der Waals surface area (Å²) in [5.74, 6) is 1.55. The number of hydrogen-bond acceptors (Lipinski definition) is 4. The van der Waals surface area contributed by atoms with Crippen LogP contribution < -0.4 is 5.56 Å². The third-order valence-corrected chi connectivity index (χ3v) is 7.78. The summed E-state index contributed by atoms with van der Waals surface area (Å²) in [6, 6.07) is 8.16. The monoisotopic (exact) mass is 412 g/mol. The average molecular weight is 413 g/mol. The Hall–Kier alpha value is -1.59. The minimum Gasteiger partial charge on any atom is -0.268 e. The number of fused-ring (bicyclic) bond motifs is 3. The molecule has 0 N–H and O–H groups in total. The van der Waals surface area contributed by atoms with Crippen molar-refractivity contribution < 1.29 is 0 Å². The van der Waals surface area contributed by atoms with Crippen LogP contribution in [-0.4, -0.2) is 15.3 Å². The molecule has 4 rings (SSSR count). The van der Waals surface area contributed by atoms with Gasteiger partial charge in [0, 0.05) is 4.88 Å². The second-order valence-electron chi connectivity index (χ2n) is 8.80. The predicted octanol–water partition coefficient (Wildman–Crippen LogP) is 6.02. The highest BCUT2D eigenvalue weighted by Crippen LogP contribution is 2.42. The molecule has 0 amide bonds. The highest BCUT2D eigenvalue weighted by atomic mass is 32.2. The first kappa shape index (κ1) is 19.7. The molecule has 5 heteroatoms. The number of thioether (sulfide) groups is 1. The molecule has 0 spiro atoms. The van der Waals surface area contributed by atoms with Crippen molar-refractivity contribution in [2.24, 2.45) is 11.3 Å². The topological polar surface area (TPSA) is 34.9 Å². The lowest BCUT2D eigenvalue weighted by atomic mass is 9.72. The van der Waals surface area contributed by atoms with E-state index >= 15 is 0 Å². The van der Waals surface area contributed by atoms with Crippen molar-refractivity contribution >= 4 is 33.3 Å². The van der Waals surface area contributed by atoms with Crippen LogP contribution >= 0.6 is 23.1 Å². The van der Waals surface area contributed by atoms with Gasteiger partial charge in [0.1, 0.15) is 4.83 Å². The van der Waals surface area contributed by atoms with Crippen molar-refractivity contribution in [3.8, 4) is 5.69 Å². The zero-order chi connectivity index (χ0) is 20.1. The van der Waals surface area contributed by atoms with Crippen molar-refractivity contribution in [2.75, 3.05) is 5.75 Å². The summed E-state index contributed by atoms with van der Waals surface area (Å²) in [7, 11) is 0. The largest absolute Gasteiger partial charge is 0.268 e. The summed E-state index contributed by atoms with van der Waals surface area (Å²) in [5.41, 5.74) is 3.72. The first-order valence-electron chi connectivity index (χ1n) is 10.1. The fraction of sp³-hybridized carbons (Fsp3) is 0.478. The van der Waals surface area contributed by atoms with E-state index in [0.29, 0.717) is 11.3 Å². The van der Waals surface area contributed by atoms with Gasteiger partial charge >= 0.3 is 0 Å². The van der Waals surface area contributed by atoms with E-state index in [1.807, 2.05) is 16.7 Å². The zero-order valence-electron chi connectivity index (χ0n) is 17.3. The summed E-state index contributed by atoms with van der Waals surface area (Å²) in [4.78, 5) is 20.9. The van der Waals surface area contributed by atoms with Crippen LogP contribution in [0.4, 0.5) is 0 Å². The van der Waals surface area contributed by atoms with Gasteiger partial charge in [-0.1, -0.05) is 51.6 Å². The molecular formula is C23H28N2OS2. The van der Waals surface area contributed by atoms with Gasteiger partial charge in [-0.15, -0.1) is 11.3 Å². The number of benzene rings is 1. The summed E-state index contributed by atoms with van der Waals surface area (Å²) in [6.07, 6.45) is 3.21. The molecular weight excluding hydrogens is 384 g/mol. The SMILES string of the molecule is CCSc1nc2sc3c(c2c(=O)n1-c1cccc(C)c1)CC[C@@H](C(C)(C)C)C3. The number of nitrogens with zero attached hydrogens (tertiary/aromatic N) is 2. The minimum atomic E-state index is 0.0956. The van der Waals surface area contributed by atoms with Gasteiger partial charge in [0.15, 0.2) is 5.16 Å². The van der Waals surface area contributed by atoms with Crippen molar-refractivity contribution in [2.45, 2.75) is 59.0 Å². The molecule has 0 aliphatic heterocycles. The smallest absolute Gasteiger partial charge is 0.267 e. The molecule has 1 aliphatic rings. The molecule has 148 valence electrons. The first-order chi connectivity index (χ1) is 13.3. The standard InChI is InChI=1S/C23H28N2OS2/c1-6-27-22-24-20-19(21(26)25(22)16-9-7-8-14(2)12-16)17-11-10-15(23(3,4)5)13-18(17)28-20/h7-9,12,15H,6,10-11,13H2,1-5H3/t15-/m1/s1. The van der Waals surface area contributed by atoms with Crippen molar-refractivity contribution in [1.29, 1.82) is 0 Å². The van der Waals surface area contributed by atoms with E-state index < -0.39 is 0 Å². The van der Waals surface area contributed by atoms with E-state index in [0.717, 1.165) is 51.6 Å². The lowest BCUT2D eigenvalue weighted by Gasteiger charge is -2.33. The number of aryl methyl sites for hydroxylation is 2. The van der Waals surface area contributed by atoms with Gasteiger partial charge in [0.2, 0.25) is 0 Å². The van der Waals surface area contributed by atoms with Gasteiger partial charge in [-0.2, -0.15) is 0 Å². The molecule has 28 heavy (non-hydrogen) atoms.